The molecule has 0 aliphatic heterocycles. The Labute approximate surface area is 367 Å². The molecule has 1 aliphatic carbocycles. The summed E-state index contributed by atoms with van der Waals surface area (Å²) in [6.07, 6.45) is 0. The summed E-state index contributed by atoms with van der Waals surface area (Å²) < 4.78 is 6.15. The first kappa shape index (κ1) is 36.6. The van der Waals surface area contributed by atoms with Gasteiger partial charge in [0.2, 0.25) is 0 Å². The van der Waals surface area contributed by atoms with E-state index in [4.69, 9.17) is 4.42 Å². The first-order chi connectivity index (χ1) is 31.2. The van der Waals surface area contributed by atoms with E-state index in [0.29, 0.717) is 0 Å². The van der Waals surface area contributed by atoms with Gasteiger partial charge >= 0.3 is 0 Å². The van der Waals surface area contributed by atoms with Gasteiger partial charge in [-0.2, -0.15) is 0 Å². The number of para-hydroxylation sites is 1. The Bertz CT molecular complexity index is 3370. The van der Waals surface area contributed by atoms with Crippen molar-refractivity contribution in [3.63, 3.8) is 0 Å². The van der Waals surface area contributed by atoms with Crippen LogP contribution in [0.4, 0.5) is 17.1 Å². The molecule has 0 radical (unpaired) electrons. The summed E-state index contributed by atoms with van der Waals surface area (Å²) in [6, 6.07) is 90.2. The summed E-state index contributed by atoms with van der Waals surface area (Å²) in [7, 11) is 0. The van der Waals surface area contributed by atoms with E-state index in [9.17, 15) is 0 Å². The highest BCUT2D eigenvalue weighted by atomic mass is 16.3. The minimum absolute atomic E-state index is 0.462. The average Bonchev–Trinajstić information content (AvgIpc) is 3.89. The maximum absolute atomic E-state index is 6.15. The minimum Gasteiger partial charge on any atom is -0.456 e. The predicted molar refractivity (Wildman–Crippen MR) is 262 cm³/mol. The van der Waals surface area contributed by atoms with E-state index in [1.165, 1.54) is 55.6 Å². The number of hydrogen-bond acceptors (Lipinski definition) is 2. The molecule has 0 atom stereocenters. The van der Waals surface area contributed by atoms with E-state index in [-0.39, 0.29) is 0 Å². The Morgan fingerprint density at radius 2 is 0.714 bits per heavy atom. The van der Waals surface area contributed by atoms with Crippen LogP contribution in [0.5, 0.6) is 0 Å². The lowest BCUT2D eigenvalue weighted by atomic mass is 9.68. The van der Waals surface area contributed by atoms with Crippen molar-refractivity contribution in [1.29, 1.82) is 0 Å². The molecule has 12 rings (SSSR count). The molecule has 1 aliphatic rings. The quantitative estimate of drug-likeness (QED) is 0.152. The largest absolute Gasteiger partial charge is 0.456 e. The van der Waals surface area contributed by atoms with Crippen LogP contribution in [0.25, 0.3) is 66.4 Å². The van der Waals surface area contributed by atoms with Gasteiger partial charge in [-0.1, -0.05) is 188 Å². The fourth-order valence-electron chi connectivity index (χ4n) is 10.0. The molecular weight excluding hydrogens is 763 g/mol. The maximum atomic E-state index is 6.15. The van der Waals surface area contributed by atoms with E-state index in [1.54, 1.807) is 0 Å². The molecule has 0 N–H and O–H groups in total. The van der Waals surface area contributed by atoms with Crippen molar-refractivity contribution in [2.75, 3.05) is 4.90 Å². The number of hydrogen-bond donors (Lipinski definition) is 0. The summed E-state index contributed by atoms with van der Waals surface area (Å²) in [6.45, 7) is 0. The fourth-order valence-corrected chi connectivity index (χ4v) is 10.0. The van der Waals surface area contributed by atoms with Crippen LogP contribution >= 0.6 is 0 Å². The standard InChI is InChI=1S/C61H41NO/c1-3-14-42(15-4-1)45-16-13-17-46(40-45)43-26-33-50(34-27-43)62(51-35-28-44(29-36-51)47-30-39-60-56(41-47)55-22-9-12-25-59(55)63-60)52-37-31-49(32-38-52)61(48-18-5-2-6-19-48)57-23-10-7-20-53(57)54-21-8-11-24-58(54)61/h1-41H. The molecule has 0 saturated heterocycles. The molecule has 2 heteroatoms. The molecule has 1 aromatic heterocycles. The number of benzene rings is 10. The topological polar surface area (TPSA) is 16.4 Å². The highest BCUT2D eigenvalue weighted by Gasteiger charge is 2.45. The van der Waals surface area contributed by atoms with E-state index >= 15 is 0 Å². The van der Waals surface area contributed by atoms with Gasteiger partial charge in [0.15, 0.2) is 0 Å². The second-order valence-corrected chi connectivity index (χ2v) is 16.4. The molecule has 0 unspecified atom stereocenters. The minimum atomic E-state index is -0.462. The van der Waals surface area contributed by atoms with Crippen molar-refractivity contribution in [1.82, 2.24) is 0 Å². The molecule has 0 fully saturated rings. The van der Waals surface area contributed by atoms with Gasteiger partial charge in [-0.15, -0.1) is 0 Å². The Morgan fingerprint density at radius 3 is 1.33 bits per heavy atom. The van der Waals surface area contributed by atoms with Crippen LogP contribution < -0.4 is 4.90 Å². The Hall–Kier alpha value is -8.20. The Kier molecular flexibility index (Phi) is 8.76. The SMILES string of the molecule is c1ccc(-c2cccc(-c3ccc(N(c4ccc(-c5ccc6oc7ccccc7c6c5)cc4)c4ccc(C5(c6ccccc6)c6ccccc6-c6ccccc65)cc4)cc3)c2)cc1. The van der Waals surface area contributed by atoms with Crippen molar-refractivity contribution in [3.05, 3.63) is 271 Å². The zero-order valence-electron chi connectivity index (χ0n) is 34.5. The summed E-state index contributed by atoms with van der Waals surface area (Å²) in [4.78, 5) is 2.37. The van der Waals surface area contributed by atoms with Crippen molar-refractivity contribution >= 4 is 39.0 Å². The summed E-state index contributed by atoms with van der Waals surface area (Å²) in [5, 5.41) is 2.26. The lowest BCUT2D eigenvalue weighted by Crippen LogP contribution is -2.28. The van der Waals surface area contributed by atoms with E-state index in [0.717, 1.165) is 50.1 Å². The zero-order chi connectivity index (χ0) is 41.7. The number of fused-ring (bicyclic) bond motifs is 6. The van der Waals surface area contributed by atoms with Crippen molar-refractivity contribution in [2.45, 2.75) is 5.41 Å². The molecule has 296 valence electrons. The molecule has 0 bridgehead atoms. The van der Waals surface area contributed by atoms with Crippen LogP contribution in [0.3, 0.4) is 0 Å². The molecule has 0 spiro atoms. The maximum Gasteiger partial charge on any atom is 0.135 e. The van der Waals surface area contributed by atoms with Gasteiger partial charge in [0.05, 0.1) is 5.41 Å². The van der Waals surface area contributed by atoms with Crippen LogP contribution in [0, 0.1) is 0 Å². The molecule has 0 saturated carbocycles. The third-order valence-corrected chi connectivity index (χ3v) is 13.0. The molecule has 11 aromatic rings. The van der Waals surface area contributed by atoms with Gasteiger partial charge in [-0.05, 0) is 127 Å². The van der Waals surface area contributed by atoms with Gasteiger partial charge in [0, 0.05) is 27.8 Å². The lowest BCUT2D eigenvalue weighted by molar-refractivity contribution is 0.669. The van der Waals surface area contributed by atoms with E-state index in [1.807, 2.05) is 12.1 Å². The molecular formula is C61H41NO. The molecule has 0 amide bonds. The highest BCUT2D eigenvalue weighted by Crippen LogP contribution is 2.56. The zero-order valence-corrected chi connectivity index (χ0v) is 34.5. The first-order valence-corrected chi connectivity index (χ1v) is 21.7. The van der Waals surface area contributed by atoms with Gasteiger partial charge in [-0.3, -0.25) is 0 Å². The summed E-state index contributed by atoms with van der Waals surface area (Å²) >= 11 is 0. The fraction of sp³-hybridized carbons (Fsp3) is 0.0164. The van der Waals surface area contributed by atoms with Gasteiger partial charge < -0.3 is 9.32 Å². The van der Waals surface area contributed by atoms with E-state index < -0.39 is 5.41 Å². The smallest absolute Gasteiger partial charge is 0.135 e. The molecule has 63 heavy (non-hydrogen) atoms. The third kappa shape index (κ3) is 6.10. The van der Waals surface area contributed by atoms with E-state index in [2.05, 4.69) is 241 Å². The monoisotopic (exact) mass is 803 g/mol. The van der Waals surface area contributed by atoms with Gasteiger partial charge in [0.1, 0.15) is 11.2 Å². The number of furan rings is 1. The molecule has 2 nitrogen and oxygen atoms in total. The lowest BCUT2D eigenvalue weighted by Gasteiger charge is -2.34. The molecule has 1 heterocycles. The summed E-state index contributed by atoms with van der Waals surface area (Å²) in [5.41, 5.74) is 19.4. The first-order valence-electron chi connectivity index (χ1n) is 21.7. The third-order valence-electron chi connectivity index (χ3n) is 13.0. The Balaban J connectivity index is 0.966. The van der Waals surface area contributed by atoms with Crippen LogP contribution in [-0.2, 0) is 5.41 Å². The van der Waals surface area contributed by atoms with Crippen LogP contribution in [0.1, 0.15) is 22.3 Å². The second kappa shape index (κ2) is 15.1. The van der Waals surface area contributed by atoms with Gasteiger partial charge in [0.25, 0.3) is 0 Å². The average molecular weight is 804 g/mol. The van der Waals surface area contributed by atoms with Crippen LogP contribution in [0.15, 0.2) is 253 Å². The van der Waals surface area contributed by atoms with Crippen molar-refractivity contribution < 1.29 is 4.42 Å². The Morgan fingerprint density at radius 1 is 0.286 bits per heavy atom. The number of nitrogens with zero attached hydrogens (tertiary/aromatic N) is 1. The van der Waals surface area contributed by atoms with Gasteiger partial charge in [-0.25, -0.2) is 0 Å². The normalized spacial score (nSPS) is 12.6. The van der Waals surface area contributed by atoms with Crippen LogP contribution in [0.2, 0.25) is 0 Å². The molecule has 10 aromatic carbocycles. The van der Waals surface area contributed by atoms with Crippen LogP contribution in [-0.4, -0.2) is 0 Å². The number of anilines is 3. The van der Waals surface area contributed by atoms with Crippen molar-refractivity contribution in [2.24, 2.45) is 0 Å². The number of rotatable bonds is 8. The second-order valence-electron chi connectivity index (χ2n) is 16.4. The van der Waals surface area contributed by atoms with Crippen molar-refractivity contribution in [3.8, 4) is 44.5 Å². The predicted octanol–water partition coefficient (Wildman–Crippen LogP) is 16.4. The highest BCUT2D eigenvalue weighted by molar-refractivity contribution is 6.06. The summed E-state index contributed by atoms with van der Waals surface area (Å²) in [5.74, 6) is 0.